The van der Waals surface area contributed by atoms with Crippen LogP contribution in [0.15, 0.2) is 30.3 Å². The van der Waals surface area contributed by atoms with Crippen LogP contribution in [0.2, 0.25) is 10.0 Å². The van der Waals surface area contributed by atoms with Crippen LogP contribution < -0.4 is 9.47 Å². The van der Waals surface area contributed by atoms with Gasteiger partial charge in [0.05, 0.1) is 29.7 Å². The predicted octanol–water partition coefficient (Wildman–Crippen LogP) is 4.35. The molecule has 8 nitrogen and oxygen atoms in total. The van der Waals surface area contributed by atoms with E-state index in [1.807, 2.05) is 0 Å². The Hall–Kier alpha value is -2.84. The Morgan fingerprint density at radius 3 is 2.39 bits per heavy atom. The van der Waals surface area contributed by atoms with Gasteiger partial charge in [0.1, 0.15) is 5.56 Å². The lowest BCUT2D eigenvalue weighted by atomic mass is 10.1. The minimum absolute atomic E-state index is 0.0918. The SMILES string of the molecule is CCOc1cc(C(=O)OCC(=O)c2ccc(Cl)cc2Cl)c([N+](=O)[O-])cc1OC. The standard InChI is InChI=1S/C18H15Cl2NO7/c1-3-27-17-7-12(14(21(24)25)8-16(17)26-2)18(23)28-9-15(22)11-5-4-10(19)6-13(11)20/h4-8H,3,9H2,1-2H3. The molecule has 0 heterocycles. The second-order valence-electron chi connectivity index (χ2n) is 5.33. The van der Waals surface area contributed by atoms with E-state index in [9.17, 15) is 19.7 Å². The van der Waals surface area contributed by atoms with Gasteiger partial charge in [0.25, 0.3) is 5.69 Å². The Labute approximate surface area is 170 Å². The molecule has 0 aliphatic heterocycles. The van der Waals surface area contributed by atoms with Crippen LogP contribution in [0.5, 0.6) is 11.5 Å². The van der Waals surface area contributed by atoms with Crippen LogP contribution in [-0.4, -0.2) is 37.0 Å². The number of rotatable bonds is 8. The maximum Gasteiger partial charge on any atom is 0.345 e. The zero-order valence-electron chi connectivity index (χ0n) is 14.9. The van der Waals surface area contributed by atoms with Crippen LogP contribution in [0.1, 0.15) is 27.6 Å². The Bertz CT molecular complexity index is 930. The van der Waals surface area contributed by atoms with Gasteiger partial charge in [-0.3, -0.25) is 14.9 Å². The highest BCUT2D eigenvalue weighted by Crippen LogP contribution is 2.35. The molecule has 0 aliphatic carbocycles. The van der Waals surface area contributed by atoms with Crippen LogP contribution >= 0.6 is 23.2 Å². The van der Waals surface area contributed by atoms with Crippen molar-refractivity contribution in [3.63, 3.8) is 0 Å². The largest absolute Gasteiger partial charge is 0.493 e. The van der Waals surface area contributed by atoms with E-state index in [4.69, 9.17) is 37.4 Å². The zero-order chi connectivity index (χ0) is 20.8. The molecule has 0 unspecified atom stereocenters. The van der Waals surface area contributed by atoms with Crippen LogP contribution in [0.4, 0.5) is 5.69 Å². The van der Waals surface area contributed by atoms with Crippen molar-refractivity contribution in [2.24, 2.45) is 0 Å². The van der Waals surface area contributed by atoms with E-state index in [0.29, 0.717) is 5.02 Å². The molecule has 0 N–H and O–H groups in total. The fourth-order valence-corrected chi connectivity index (χ4v) is 2.81. The van der Waals surface area contributed by atoms with Crippen molar-refractivity contribution in [1.82, 2.24) is 0 Å². The molecule has 0 fully saturated rings. The summed E-state index contributed by atoms with van der Waals surface area (Å²) < 4.78 is 15.3. The lowest BCUT2D eigenvalue weighted by molar-refractivity contribution is -0.385. The molecule has 0 aliphatic rings. The normalized spacial score (nSPS) is 10.3. The monoisotopic (exact) mass is 427 g/mol. The van der Waals surface area contributed by atoms with Crippen molar-refractivity contribution in [3.05, 3.63) is 61.6 Å². The summed E-state index contributed by atoms with van der Waals surface area (Å²) in [6, 6.07) is 6.43. The molecule has 2 rings (SSSR count). The number of carbonyl (C=O) groups is 2. The molecular formula is C18H15Cl2NO7. The predicted molar refractivity (Wildman–Crippen MR) is 102 cm³/mol. The topological polar surface area (TPSA) is 105 Å². The minimum atomic E-state index is -1.06. The van der Waals surface area contributed by atoms with Gasteiger partial charge in [-0.25, -0.2) is 4.79 Å². The first-order valence-corrected chi connectivity index (χ1v) is 8.68. The summed E-state index contributed by atoms with van der Waals surface area (Å²) in [5, 5.41) is 11.7. The summed E-state index contributed by atoms with van der Waals surface area (Å²) >= 11 is 11.7. The Kier molecular flexibility index (Phi) is 7.19. The molecule has 0 radical (unpaired) electrons. The number of hydrogen-bond donors (Lipinski definition) is 0. The summed E-state index contributed by atoms with van der Waals surface area (Å²) in [4.78, 5) is 35.1. The number of Topliss-reactive ketones (excluding diaryl/α,β-unsaturated/α-hetero) is 1. The number of ketones is 1. The molecule has 10 heteroatoms. The van der Waals surface area contributed by atoms with Gasteiger partial charge < -0.3 is 14.2 Å². The van der Waals surface area contributed by atoms with E-state index in [2.05, 4.69) is 0 Å². The van der Waals surface area contributed by atoms with Gasteiger partial charge in [0.2, 0.25) is 5.78 Å². The van der Waals surface area contributed by atoms with Gasteiger partial charge in [-0.15, -0.1) is 0 Å². The fraction of sp³-hybridized carbons (Fsp3) is 0.222. The highest BCUT2D eigenvalue weighted by Gasteiger charge is 2.26. The van der Waals surface area contributed by atoms with Gasteiger partial charge in [-0.05, 0) is 25.1 Å². The summed E-state index contributed by atoms with van der Waals surface area (Å²) in [5.41, 5.74) is -0.801. The number of nitrogens with zero attached hydrogens (tertiary/aromatic N) is 1. The van der Waals surface area contributed by atoms with E-state index < -0.39 is 29.0 Å². The molecular weight excluding hydrogens is 413 g/mol. The molecule has 0 atom stereocenters. The molecule has 0 amide bonds. The van der Waals surface area contributed by atoms with Crippen molar-refractivity contribution >= 4 is 40.6 Å². The lowest BCUT2D eigenvalue weighted by Gasteiger charge is -2.11. The lowest BCUT2D eigenvalue weighted by Crippen LogP contribution is -2.16. The number of ether oxygens (including phenoxy) is 3. The first-order chi connectivity index (χ1) is 13.3. The molecule has 0 bridgehead atoms. The summed E-state index contributed by atoms with van der Waals surface area (Å²) in [7, 11) is 1.31. The van der Waals surface area contributed by atoms with Crippen molar-refractivity contribution < 1.29 is 28.7 Å². The number of halogens is 2. The number of esters is 1. The van der Waals surface area contributed by atoms with Crippen LogP contribution in [0.3, 0.4) is 0 Å². The van der Waals surface area contributed by atoms with Gasteiger partial charge in [-0.1, -0.05) is 23.2 Å². The molecule has 0 saturated heterocycles. The quantitative estimate of drug-likeness (QED) is 0.266. The average molecular weight is 428 g/mol. The Balaban J connectivity index is 2.26. The third kappa shape index (κ3) is 4.90. The molecule has 0 aromatic heterocycles. The molecule has 0 spiro atoms. The third-order valence-corrected chi connectivity index (χ3v) is 4.11. The van der Waals surface area contributed by atoms with Gasteiger partial charge in [0, 0.05) is 16.7 Å². The van der Waals surface area contributed by atoms with Gasteiger partial charge in [0.15, 0.2) is 18.1 Å². The Morgan fingerprint density at radius 1 is 1.11 bits per heavy atom. The highest BCUT2D eigenvalue weighted by molar-refractivity contribution is 6.36. The van der Waals surface area contributed by atoms with Crippen LogP contribution in [0, 0.1) is 10.1 Å². The molecule has 148 valence electrons. The van der Waals surface area contributed by atoms with Crippen LogP contribution in [0.25, 0.3) is 0 Å². The van der Waals surface area contributed by atoms with E-state index in [1.165, 1.54) is 25.3 Å². The van der Waals surface area contributed by atoms with Crippen LogP contribution in [-0.2, 0) is 4.74 Å². The minimum Gasteiger partial charge on any atom is -0.493 e. The number of carbonyl (C=O) groups excluding carboxylic acids is 2. The second kappa shape index (κ2) is 9.38. The smallest absolute Gasteiger partial charge is 0.345 e. The number of hydrogen-bond acceptors (Lipinski definition) is 7. The van der Waals surface area contributed by atoms with Crippen molar-refractivity contribution in [1.29, 1.82) is 0 Å². The number of nitro groups is 1. The van der Waals surface area contributed by atoms with E-state index >= 15 is 0 Å². The maximum absolute atomic E-state index is 12.4. The summed E-state index contributed by atoms with van der Waals surface area (Å²) in [6.07, 6.45) is 0. The number of benzene rings is 2. The molecule has 2 aromatic carbocycles. The van der Waals surface area contributed by atoms with E-state index in [-0.39, 0.29) is 34.3 Å². The fourth-order valence-electron chi connectivity index (χ4n) is 2.29. The Morgan fingerprint density at radius 2 is 1.82 bits per heavy atom. The third-order valence-electron chi connectivity index (χ3n) is 3.56. The summed E-state index contributed by atoms with van der Waals surface area (Å²) in [6.45, 7) is 1.29. The zero-order valence-corrected chi connectivity index (χ0v) is 16.4. The first-order valence-electron chi connectivity index (χ1n) is 7.93. The van der Waals surface area contributed by atoms with Crippen molar-refractivity contribution in [2.75, 3.05) is 20.3 Å². The number of nitro benzene ring substituents is 1. The van der Waals surface area contributed by atoms with E-state index in [0.717, 1.165) is 12.1 Å². The maximum atomic E-state index is 12.4. The first kappa shape index (κ1) is 21.5. The number of methoxy groups -OCH3 is 1. The van der Waals surface area contributed by atoms with Crippen molar-refractivity contribution in [3.8, 4) is 11.5 Å². The van der Waals surface area contributed by atoms with Gasteiger partial charge >= 0.3 is 5.97 Å². The molecule has 0 saturated carbocycles. The summed E-state index contributed by atoms with van der Waals surface area (Å²) in [5.74, 6) is -1.42. The van der Waals surface area contributed by atoms with Crippen molar-refractivity contribution in [2.45, 2.75) is 6.92 Å². The second-order valence-corrected chi connectivity index (χ2v) is 6.18. The highest BCUT2D eigenvalue weighted by atomic mass is 35.5. The average Bonchev–Trinajstić information content (AvgIpc) is 2.65. The van der Waals surface area contributed by atoms with Gasteiger partial charge in [-0.2, -0.15) is 0 Å². The van der Waals surface area contributed by atoms with E-state index in [1.54, 1.807) is 6.92 Å². The molecule has 28 heavy (non-hydrogen) atoms. The molecule has 2 aromatic rings.